The van der Waals surface area contributed by atoms with Crippen LogP contribution in [0.5, 0.6) is 0 Å². The molecule has 94 valence electrons. The molecule has 0 bridgehead atoms. The van der Waals surface area contributed by atoms with E-state index in [0.29, 0.717) is 8.81 Å². The molecule has 1 aromatic heterocycles. The van der Waals surface area contributed by atoms with Gasteiger partial charge in [-0.3, -0.25) is 4.79 Å². The van der Waals surface area contributed by atoms with Crippen LogP contribution in [0.4, 0.5) is 8.78 Å². The summed E-state index contributed by atoms with van der Waals surface area (Å²) in [4.78, 5) is 12.2. The number of rotatable bonds is 2. The lowest BCUT2D eigenvalue weighted by Crippen LogP contribution is -2.03. The van der Waals surface area contributed by atoms with Crippen molar-refractivity contribution in [3.8, 4) is 0 Å². The molecule has 1 nitrogen and oxygen atoms in total. The first-order valence-corrected chi connectivity index (χ1v) is 6.90. The third-order valence-corrected chi connectivity index (χ3v) is 4.89. The summed E-state index contributed by atoms with van der Waals surface area (Å²) in [5.41, 5.74) is -0.373. The third kappa shape index (κ3) is 2.59. The van der Waals surface area contributed by atoms with Gasteiger partial charge in [-0.2, -0.15) is 0 Å². The molecule has 0 amide bonds. The molecule has 0 N–H and O–H groups in total. The molecule has 0 saturated heterocycles. The van der Waals surface area contributed by atoms with E-state index in [1.807, 2.05) is 0 Å². The topological polar surface area (TPSA) is 17.1 Å². The largest absolute Gasteiger partial charge is 0.288 e. The summed E-state index contributed by atoms with van der Waals surface area (Å²) in [7, 11) is 0. The SMILES string of the molecule is O=C(c1cc(Br)c(Cl)s1)c1cc(F)c(Cl)cc1F. The van der Waals surface area contributed by atoms with E-state index >= 15 is 0 Å². The van der Waals surface area contributed by atoms with Gasteiger partial charge in [-0.05, 0) is 34.1 Å². The van der Waals surface area contributed by atoms with Crippen LogP contribution in [0.25, 0.3) is 0 Å². The highest BCUT2D eigenvalue weighted by atomic mass is 79.9. The summed E-state index contributed by atoms with van der Waals surface area (Å²) >= 11 is 15.3. The van der Waals surface area contributed by atoms with Crippen LogP contribution in [0.15, 0.2) is 22.7 Å². The molecule has 18 heavy (non-hydrogen) atoms. The van der Waals surface area contributed by atoms with Gasteiger partial charge in [0.1, 0.15) is 16.0 Å². The van der Waals surface area contributed by atoms with Gasteiger partial charge >= 0.3 is 0 Å². The summed E-state index contributed by atoms with van der Waals surface area (Å²) in [5, 5.41) is -0.366. The zero-order valence-corrected chi connectivity index (χ0v) is 12.4. The van der Waals surface area contributed by atoms with Crippen molar-refractivity contribution >= 4 is 56.3 Å². The lowest BCUT2D eigenvalue weighted by molar-refractivity contribution is 0.103. The zero-order chi connectivity index (χ0) is 13.4. The number of benzene rings is 1. The Morgan fingerprint density at radius 3 is 2.39 bits per heavy atom. The van der Waals surface area contributed by atoms with Crippen molar-refractivity contribution in [2.45, 2.75) is 0 Å². The minimum absolute atomic E-state index is 0.215. The predicted octanol–water partition coefficient (Wildman–Crippen LogP) is 5.33. The number of carbonyl (C=O) groups excluding carboxylic acids is 1. The molecule has 0 saturated carbocycles. The van der Waals surface area contributed by atoms with Gasteiger partial charge in [-0.15, -0.1) is 11.3 Å². The second-order valence-corrected chi connectivity index (χ2v) is 6.22. The van der Waals surface area contributed by atoms with Gasteiger partial charge in [-0.1, -0.05) is 23.2 Å². The fourth-order valence-corrected chi connectivity index (χ4v) is 3.09. The second kappa shape index (κ2) is 5.25. The summed E-state index contributed by atoms with van der Waals surface area (Å²) in [6.07, 6.45) is 0. The Morgan fingerprint density at radius 1 is 1.17 bits per heavy atom. The predicted molar refractivity (Wildman–Crippen MR) is 71.8 cm³/mol. The quantitative estimate of drug-likeness (QED) is 0.515. The Hall–Kier alpha value is -0.490. The van der Waals surface area contributed by atoms with E-state index in [1.165, 1.54) is 6.07 Å². The first kappa shape index (κ1) is 13.9. The number of hydrogen-bond donors (Lipinski definition) is 0. The lowest BCUT2D eigenvalue weighted by Gasteiger charge is -2.02. The molecule has 1 aromatic carbocycles. The molecule has 0 radical (unpaired) electrons. The number of halogens is 5. The molecule has 0 spiro atoms. The van der Waals surface area contributed by atoms with Crippen LogP contribution in [0.3, 0.4) is 0 Å². The summed E-state index contributed by atoms with van der Waals surface area (Å²) in [5.74, 6) is -2.35. The average Bonchev–Trinajstić information content (AvgIpc) is 2.63. The van der Waals surface area contributed by atoms with Gasteiger partial charge in [0.2, 0.25) is 5.78 Å². The van der Waals surface area contributed by atoms with Crippen LogP contribution in [0.1, 0.15) is 15.2 Å². The molecular formula is C11H3BrCl2F2OS. The van der Waals surface area contributed by atoms with E-state index in [2.05, 4.69) is 15.9 Å². The van der Waals surface area contributed by atoms with Gasteiger partial charge in [-0.25, -0.2) is 8.78 Å². The van der Waals surface area contributed by atoms with Crippen LogP contribution in [0, 0.1) is 11.6 Å². The number of thiophene rings is 1. The van der Waals surface area contributed by atoms with Gasteiger partial charge in [0.05, 0.1) is 15.5 Å². The van der Waals surface area contributed by atoms with E-state index < -0.39 is 17.4 Å². The van der Waals surface area contributed by atoms with Crippen molar-refractivity contribution in [1.29, 1.82) is 0 Å². The van der Waals surface area contributed by atoms with Crippen molar-refractivity contribution in [3.05, 3.63) is 54.1 Å². The van der Waals surface area contributed by atoms with Gasteiger partial charge in [0.15, 0.2) is 0 Å². The van der Waals surface area contributed by atoms with Crippen molar-refractivity contribution in [2.24, 2.45) is 0 Å². The molecule has 1 heterocycles. The molecule has 0 fully saturated rings. The summed E-state index contributed by atoms with van der Waals surface area (Å²) in [6, 6.07) is 3.01. The van der Waals surface area contributed by atoms with E-state index in [0.717, 1.165) is 23.5 Å². The van der Waals surface area contributed by atoms with Crippen LogP contribution >= 0.6 is 50.5 Å². The Labute approximate surface area is 123 Å². The van der Waals surface area contributed by atoms with E-state index in [1.54, 1.807) is 0 Å². The minimum atomic E-state index is -0.868. The standard InChI is InChI=1S/C11H3BrCl2F2OS/c12-5-2-9(18-11(5)14)10(17)4-1-8(16)6(13)3-7(4)15/h1-3H. The molecule has 0 aliphatic heterocycles. The van der Waals surface area contributed by atoms with E-state index in [-0.39, 0.29) is 15.5 Å². The van der Waals surface area contributed by atoms with Crippen molar-refractivity contribution in [3.63, 3.8) is 0 Å². The first-order chi connectivity index (χ1) is 8.40. The monoisotopic (exact) mass is 370 g/mol. The molecule has 7 heteroatoms. The maximum Gasteiger partial charge on any atom is 0.206 e. The zero-order valence-electron chi connectivity index (χ0n) is 8.44. The molecule has 2 aromatic rings. The molecule has 0 aliphatic carbocycles. The van der Waals surface area contributed by atoms with Gasteiger partial charge in [0, 0.05) is 4.47 Å². The fourth-order valence-electron chi connectivity index (χ4n) is 1.29. The maximum absolute atomic E-state index is 13.6. The van der Waals surface area contributed by atoms with Crippen LogP contribution in [-0.2, 0) is 0 Å². The Kier molecular flexibility index (Phi) is 4.06. The maximum atomic E-state index is 13.6. The first-order valence-electron chi connectivity index (χ1n) is 4.54. The highest BCUT2D eigenvalue weighted by Crippen LogP contribution is 2.33. The smallest absolute Gasteiger partial charge is 0.206 e. The average molecular weight is 372 g/mol. The van der Waals surface area contributed by atoms with Crippen LogP contribution in [-0.4, -0.2) is 5.78 Å². The molecule has 0 unspecified atom stereocenters. The molecule has 0 aliphatic rings. The van der Waals surface area contributed by atoms with E-state index in [9.17, 15) is 13.6 Å². The number of ketones is 1. The Bertz CT molecular complexity index is 623. The van der Waals surface area contributed by atoms with Crippen molar-refractivity contribution < 1.29 is 13.6 Å². The van der Waals surface area contributed by atoms with Crippen LogP contribution < -0.4 is 0 Å². The van der Waals surface area contributed by atoms with Crippen molar-refractivity contribution in [1.82, 2.24) is 0 Å². The minimum Gasteiger partial charge on any atom is -0.288 e. The van der Waals surface area contributed by atoms with Crippen LogP contribution in [0.2, 0.25) is 9.36 Å². The van der Waals surface area contributed by atoms with Crippen molar-refractivity contribution in [2.75, 3.05) is 0 Å². The summed E-state index contributed by atoms with van der Waals surface area (Å²) < 4.78 is 27.7. The molecule has 2 rings (SSSR count). The Morgan fingerprint density at radius 2 is 1.83 bits per heavy atom. The number of carbonyl (C=O) groups is 1. The fraction of sp³-hybridized carbons (Fsp3) is 0. The number of hydrogen-bond acceptors (Lipinski definition) is 2. The third-order valence-electron chi connectivity index (χ3n) is 2.12. The van der Waals surface area contributed by atoms with Gasteiger partial charge in [0.25, 0.3) is 0 Å². The normalized spacial score (nSPS) is 10.7. The second-order valence-electron chi connectivity index (χ2n) is 3.31. The highest BCUT2D eigenvalue weighted by molar-refractivity contribution is 9.10. The summed E-state index contributed by atoms with van der Waals surface area (Å²) in [6.45, 7) is 0. The molecular weight excluding hydrogens is 369 g/mol. The Balaban J connectivity index is 2.49. The highest BCUT2D eigenvalue weighted by Gasteiger charge is 2.19. The van der Waals surface area contributed by atoms with E-state index in [4.69, 9.17) is 23.2 Å². The van der Waals surface area contributed by atoms with Gasteiger partial charge < -0.3 is 0 Å². The molecule has 0 atom stereocenters. The lowest BCUT2D eigenvalue weighted by atomic mass is 10.1.